The van der Waals surface area contributed by atoms with Crippen molar-refractivity contribution in [3.05, 3.63) is 29.8 Å². The molecule has 1 aromatic rings. The normalized spacial score (nSPS) is 41.1. The molecule has 0 spiro atoms. The van der Waals surface area contributed by atoms with Gasteiger partial charge in [-0.15, -0.1) is 0 Å². The molecule has 6 nitrogen and oxygen atoms in total. The molecule has 6 aliphatic rings. The molecule has 0 heterocycles. The molecular weight excluding hydrogens is 466 g/mol. The smallest absolute Gasteiger partial charge is 0.207 e. The van der Waals surface area contributed by atoms with Gasteiger partial charge in [-0.3, -0.25) is 0 Å². The fourth-order valence-corrected chi connectivity index (χ4v) is 8.53. The lowest BCUT2D eigenvalue weighted by Gasteiger charge is -2.58. The molecule has 0 saturated heterocycles. The zero-order chi connectivity index (χ0) is 25.2. The molecule has 0 aromatic heterocycles. The number of nitrogens with one attached hydrogen (secondary N) is 1. The van der Waals surface area contributed by atoms with Gasteiger partial charge in [0, 0.05) is 31.5 Å². The van der Waals surface area contributed by atoms with E-state index in [-0.39, 0.29) is 12.2 Å². The number of hydrogen-bond acceptors (Lipinski definition) is 6. The predicted molar refractivity (Wildman–Crippen MR) is 142 cm³/mol. The molecule has 0 radical (unpaired) electrons. The standard InChI is InChI=1S/C31H47NO5/c1-34-31(25-17-21-16-22(19-25)20-26(31)18-21)37-36-30-12-4-24(5-13-30)23-2-10-29(11-3-23)35-15-14-32-27-6-8-28(33)9-7-27/h2-3,10-11,21-22,24-28,30,32-33H,4-9,12-20H2,1H3/t21?,22?,24-,25?,26?,27-,28-,30+,31?. The molecule has 37 heavy (non-hydrogen) atoms. The van der Waals surface area contributed by atoms with Crippen molar-refractivity contribution in [2.75, 3.05) is 20.3 Å². The van der Waals surface area contributed by atoms with E-state index in [1.807, 2.05) is 7.11 Å². The highest BCUT2D eigenvalue weighted by atomic mass is 17.2. The molecular formula is C31H47NO5. The van der Waals surface area contributed by atoms with Crippen molar-refractivity contribution in [3.63, 3.8) is 0 Å². The summed E-state index contributed by atoms with van der Waals surface area (Å²) in [7, 11) is 1.83. The molecule has 6 saturated carbocycles. The summed E-state index contributed by atoms with van der Waals surface area (Å²) >= 11 is 0. The van der Waals surface area contributed by atoms with Gasteiger partial charge < -0.3 is 19.9 Å². The Morgan fingerprint density at radius 2 is 1.49 bits per heavy atom. The summed E-state index contributed by atoms with van der Waals surface area (Å²) in [4.78, 5) is 12.4. The largest absolute Gasteiger partial charge is 0.492 e. The van der Waals surface area contributed by atoms with Gasteiger partial charge in [-0.1, -0.05) is 12.1 Å². The lowest BCUT2D eigenvalue weighted by atomic mass is 9.53. The van der Waals surface area contributed by atoms with E-state index in [0.717, 1.165) is 75.5 Å². The van der Waals surface area contributed by atoms with Crippen LogP contribution in [0.15, 0.2) is 24.3 Å². The zero-order valence-electron chi connectivity index (χ0n) is 22.6. The minimum absolute atomic E-state index is 0.0989. The van der Waals surface area contributed by atoms with E-state index >= 15 is 0 Å². The van der Waals surface area contributed by atoms with Gasteiger partial charge in [-0.25, -0.2) is 9.78 Å². The lowest BCUT2D eigenvalue weighted by molar-refractivity contribution is -0.485. The zero-order valence-corrected chi connectivity index (χ0v) is 22.6. The number of hydrogen-bond donors (Lipinski definition) is 2. The van der Waals surface area contributed by atoms with Crippen LogP contribution in [0.25, 0.3) is 0 Å². The highest BCUT2D eigenvalue weighted by Gasteiger charge is 2.60. The molecule has 0 aliphatic heterocycles. The van der Waals surface area contributed by atoms with Crippen molar-refractivity contribution >= 4 is 0 Å². The van der Waals surface area contributed by atoms with Gasteiger partial charge in [0.25, 0.3) is 0 Å². The van der Waals surface area contributed by atoms with E-state index in [0.29, 0.717) is 30.4 Å². The minimum Gasteiger partial charge on any atom is -0.492 e. The first kappa shape index (κ1) is 26.1. The van der Waals surface area contributed by atoms with E-state index in [2.05, 4.69) is 29.6 Å². The molecule has 2 N–H and O–H groups in total. The van der Waals surface area contributed by atoms with Crippen LogP contribution in [0.4, 0.5) is 0 Å². The molecule has 6 heteroatoms. The average Bonchev–Trinajstić information content (AvgIpc) is 2.92. The summed E-state index contributed by atoms with van der Waals surface area (Å²) in [5, 5.41) is 13.2. The number of aliphatic hydroxyl groups excluding tert-OH is 1. The van der Waals surface area contributed by atoms with Crippen LogP contribution in [0.1, 0.15) is 95.0 Å². The van der Waals surface area contributed by atoms with Crippen LogP contribution < -0.4 is 10.1 Å². The highest BCUT2D eigenvalue weighted by Crippen LogP contribution is 2.60. The molecule has 6 fully saturated rings. The lowest BCUT2D eigenvalue weighted by Crippen LogP contribution is -2.60. The Hall–Kier alpha value is -1.18. The second-order valence-electron chi connectivity index (χ2n) is 12.8. The summed E-state index contributed by atoms with van der Waals surface area (Å²) in [5.41, 5.74) is 1.40. The Kier molecular flexibility index (Phi) is 8.11. The first-order valence-corrected chi connectivity index (χ1v) is 15.1. The highest BCUT2D eigenvalue weighted by molar-refractivity contribution is 5.29. The van der Waals surface area contributed by atoms with Crippen molar-refractivity contribution in [1.29, 1.82) is 0 Å². The average molecular weight is 514 g/mol. The first-order valence-electron chi connectivity index (χ1n) is 15.1. The number of aliphatic hydroxyl groups is 1. The maximum atomic E-state index is 9.64. The third-order valence-electron chi connectivity index (χ3n) is 10.4. The van der Waals surface area contributed by atoms with Gasteiger partial charge in [-0.2, -0.15) is 0 Å². The Balaban J connectivity index is 0.917. The summed E-state index contributed by atoms with van der Waals surface area (Å²) in [6.45, 7) is 1.52. The quantitative estimate of drug-likeness (QED) is 0.180. The Labute approximate surface area is 222 Å². The van der Waals surface area contributed by atoms with Crippen LogP contribution in [0.2, 0.25) is 0 Å². The molecule has 4 bridgehead atoms. The Morgan fingerprint density at radius 1 is 0.838 bits per heavy atom. The van der Waals surface area contributed by atoms with Crippen molar-refractivity contribution in [2.45, 2.75) is 113 Å². The first-order chi connectivity index (χ1) is 18.1. The van der Waals surface area contributed by atoms with Crippen LogP contribution in [-0.4, -0.2) is 49.4 Å². The summed E-state index contributed by atoms with van der Waals surface area (Å²) < 4.78 is 12.1. The SMILES string of the molecule is COC1(OO[C@H]2CC[C@@H](c3ccc(OCCN[C@H]4CC[C@H](O)CC4)cc3)CC2)C2CC3CC(C2)CC1C3. The van der Waals surface area contributed by atoms with Crippen LogP contribution in [0, 0.1) is 23.7 Å². The summed E-state index contributed by atoms with van der Waals surface area (Å²) in [5.74, 6) is 3.79. The predicted octanol–water partition coefficient (Wildman–Crippen LogP) is 5.73. The molecule has 0 amide bonds. The number of methoxy groups -OCH3 is 1. The molecule has 206 valence electrons. The Morgan fingerprint density at radius 3 is 2.11 bits per heavy atom. The fraction of sp³-hybridized carbons (Fsp3) is 0.806. The van der Waals surface area contributed by atoms with Gasteiger partial charge >= 0.3 is 0 Å². The van der Waals surface area contributed by atoms with Gasteiger partial charge in [0.15, 0.2) is 0 Å². The third kappa shape index (κ3) is 5.74. The summed E-state index contributed by atoms with van der Waals surface area (Å²) in [6, 6.07) is 9.23. The van der Waals surface area contributed by atoms with Gasteiger partial charge in [0.05, 0.1) is 12.2 Å². The number of benzene rings is 1. The van der Waals surface area contributed by atoms with E-state index in [4.69, 9.17) is 19.2 Å². The monoisotopic (exact) mass is 513 g/mol. The number of rotatable bonds is 10. The van der Waals surface area contributed by atoms with E-state index in [9.17, 15) is 5.11 Å². The maximum Gasteiger partial charge on any atom is 0.207 e. The van der Waals surface area contributed by atoms with Crippen molar-refractivity contribution in [3.8, 4) is 5.75 Å². The van der Waals surface area contributed by atoms with Gasteiger partial charge in [-0.05, 0) is 119 Å². The summed E-state index contributed by atoms with van der Waals surface area (Å²) in [6.07, 6.45) is 14.8. The molecule has 0 atom stereocenters. The van der Waals surface area contributed by atoms with Crippen molar-refractivity contribution in [2.24, 2.45) is 23.7 Å². The topological polar surface area (TPSA) is 69.2 Å². The number of ether oxygens (including phenoxy) is 2. The van der Waals surface area contributed by atoms with Gasteiger partial charge in [0.1, 0.15) is 12.4 Å². The van der Waals surface area contributed by atoms with E-state index in [1.165, 1.54) is 37.7 Å². The van der Waals surface area contributed by atoms with Crippen LogP contribution in [0.5, 0.6) is 5.75 Å². The van der Waals surface area contributed by atoms with Crippen LogP contribution in [-0.2, 0) is 14.5 Å². The third-order valence-corrected chi connectivity index (χ3v) is 10.4. The van der Waals surface area contributed by atoms with E-state index in [1.54, 1.807) is 0 Å². The van der Waals surface area contributed by atoms with Crippen LogP contribution >= 0.6 is 0 Å². The molecule has 0 unspecified atom stereocenters. The van der Waals surface area contributed by atoms with Crippen LogP contribution in [0.3, 0.4) is 0 Å². The second kappa shape index (κ2) is 11.5. The molecule has 1 aromatic carbocycles. The van der Waals surface area contributed by atoms with Gasteiger partial charge in [0.2, 0.25) is 5.79 Å². The minimum atomic E-state index is -0.505. The second-order valence-corrected chi connectivity index (χ2v) is 12.8. The maximum absolute atomic E-state index is 9.64. The van der Waals surface area contributed by atoms with Crippen molar-refractivity contribution in [1.82, 2.24) is 5.32 Å². The van der Waals surface area contributed by atoms with Crippen molar-refractivity contribution < 1.29 is 24.4 Å². The Bertz CT molecular complexity index is 831. The molecule has 7 rings (SSSR count). The molecule has 6 aliphatic carbocycles. The fourth-order valence-electron chi connectivity index (χ4n) is 8.53. The van der Waals surface area contributed by atoms with E-state index < -0.39 is 5.79 Å².